The molecule has 5 heteroatoms. The van der Waals surface area contributed by atoms with Gasteiger partial charge in [0.25, 0.3) is 5.91 Å². The van der Waals surface area contributed by atoms with E-state index >= 15 is 0 Å². The van der Waals surface area contributed by atoms with Crippen molar-refractivity contribution in [2.45, 2.75) is 25.7 Å². The highest BCUT2D eigenvalue weighted by Gasteiger charge is 2.20. The van der Waals surface area contributed by atoms with Crippen LogP contribution in [-0.4, -0.2) is 51.1 Å². The molecule has 0 bridgehead atoms. The molecule has 0 spiro atoms. The maximum absolute atomic E-state index is 12.2. The molecule has 3 rings (SSSR count). The minimum absolute atomic E-state index is 0.0584. The van der Waals surface area contributed by atoms with Gasteiger partial charge in [0.15, 0.2) is 0 Å². The number of carbonyl (C=O) groups excluding carboxylic acids is 1. The Morgan fingerprint density at radius 1 is 1.24 bits per heavy atom. The summed E-state index contributed by atoms with van der Waals surface area (Å²) < 4.78 is 5.24. The average Bonchev–Trinajstić information content (AvgIpc) is 2.63. The van der Waals surface area contributed by atoms with Crippen LogP contribution in [0.3, 0.4) is 0 Å². The largest absolute Gasteiger partial charge is 0.501 e. The highest BCUT2D eigenvalue weighted by molar-refractivity contribution is 6.03. The van der Waals surface area contributed by atoms with Crippen molar-refractivity contribution < 1.29 is 9.53 Å². The second-order valence-electron chi connectivity index (χ2n) is 7.31. The molecular weight excluding hydrogens is 314 g/mol. The van der Waals surface area contributed by atoms with E-state index in [2.05, 4.69) is 41.3 Å². The Bertz CT molecular complexity index is 602. The first-order valence-electron chi connectivity index (χ1n) is 9.23. The summed E-state index contributed by atoms with van der Waals surface area (Å²) in [5, 5.41) is 2.96. The van der Waals surface area contributed by atoms with Gasteiger partial charge in [-0.2, -0.15) is 0 Å². The predicted octanol–water partition coefficient (Wildman–Crippen LogP) is 3.10. The Morgan fingerprint density at radius 3 is 2.56 bits per heavy atom. The first-order chi connectivity index (χ1) is 12.1. The third-order valence-electron chi connectivity index (χ3n) is 4.95. The number of benzene rings is 1. The van der Waals surface area contributed by atoms with Gasteiger partial charge in [-0.3, -0.25) is 4.79 Å². The Labute approximate surface area is 150 Å². The van der Waals surface area contributed by atoms with Gasteiger partial charge >= 0.3 is 0 Å². The van der Waals surface area contributed by atoms with Gasteiger partial charge in [0.2, 0.25) is 0 Å². The lowest BCUT2D eigenvalue weighted by Gasteiger charge is -2.34. The lowest BCUT2D eigenvalue weighted by molar-refractivity contribution is -0.113. The van der Waals surface area contributed by atoms with Gasteiger partial charge in [0, 0.05) is 31.0 Å². The van der Waals surface area contributed by atoms with E-state index in [1.807, 2.05) is 12.1 Å². The molecule has 0 radical (unpaired) electrons. The van der Waals surface area contributed by atoms with E-state index in [-0.39, 0.29) is 5.91 Å². The van der Waals surface area contributed by atoms with Crippen LogP contribution in [0.25, 0.3) is 0 Å². The van der Waals surface area contributed by atoms with E-state index < -0.39 is 0 Å². The molecular formula is C20H29N3O2. The van der Waals surface area contributed by atoms with Crippen LogP contribution < -0.4 is 10.2 Å². The fraction of sp³-hybridized carbons (Fsp3) is 0.550. The van der Waals surface area contributed by atoms with Crippen LogP contribution >= 0.6 is 0 Å². The molecule has 0 atom stereocenters. The van der Waals surface area contributed by atoms with Crippen molar-refractivity contribution in [3.8, 4) is 0 Å². The summed E-state index contributed by atoms with van der Waals surface area (Å²) in [6.45, 7) is 4.10. The predicted molar refractivity (Wildman–Crippen MR) is 102 cm³/mol. The van der Waals surface area contributed by atoms with E-state index in [0.29, 0.717) is 6.61 Å². The maximum Gasteiger partial charge on any atom is 0.254 e. The number of rotatable bonds is 5. The van der Waals surface area contributed by atoms with Crippen LogP contribution in [0.1, 0.15) is 25.7 Å². The summed E-state index contributed by atoms with van der Waals surface area (Å²) >= 11 is 0. The Balaban J connectivity index is 1.52. The van der Waals surface area contributed by atoms with Crippen molar-refractivity contribution in [1.82, 2.24) is 4.90 Å². The number of piperidine rings is 1. The zero-order chi connectivity index (χ0) is 17.6. The summed E-state index contributed by atoms with van der Waals surface area (Å²) in [6.07, 6.45) is 5.76. The van der Waals surface area contributed by atoms with Crippen LogP contribution in [0.4, 0.5) is 11.4 Å². The van der Waals surface area contributed by atoms with Crippen LogP contribution in [0.2, 0.25) is 0 Å². The van der Waals surface area contributed by atoms with E-state index in [4.69, 9.17) is 4.74 Å². The lowest BCUT2D eigenvalue weighted by atomic mass is 9.96. The molecule has 0 aromatic heterocycles. The number of amides is 1. The number of nitrogens with one attached hydrogen (secondary N) is 1. The smallest absolute Gasteiger partial charge is 0.254 e. The quantitative estimate of drug-likeness (QED) is 0.892. The molecule has 0 saturated carbocycles. The molecule has 136 valence electrons. The molecule has 1 N–H and O–H groups in total. The number of hydrogen-bond donors (Lipinski definition) is 1. The molecule has 0 aliphatic carbocycles. The van der Waals surface area contributed by atoms with Gasteiger partial charge in [-0.15, -0.1) is 0 Å². The van der Waals surface area contributed by atoms with Crippen LogP contribution in [0, 0.1) is 5.92 Å². The lowest BCUT2D eigenvalue weighted by Crippen LogP contribution is -2.37. The summed E-state index contributed by atoms with van der Waals surface area (Å²) in [7, 11) is 4.30. The second kappa shape index (κ2) is 8.39. The molecule has 1 fully saturated rings. The van der Waals surface area contributed by atoms with Crippen LogP contribution in [-0.2, 0) is 9.53 Å². The molecule has 5 nitrogen and oxygen atoms in total. The summed E-state index contributed by atoms with van der Waals surface area (Å²) in [5.74, 6) is 0.743. The van der Waals surface area contributed by atoms with Crippen molar-refractivity contribution in [2.24, 2.45) is 5.92 Å². The van der Waals surface area contributed by atoms with Crippen LogP contribution in [0.5, 0.6) is 0 Å². The number of anilines is 2. The molecule has 2 aliphatic rings. The van der Waals surface area contributed by atoms with Gasteiger partial charge in [0.1, 0.15) is 0 Å². The Kier molecular flexibility index (Phi) is 5.97. The standard InChI is InChI=1S/C20H29N3O2/c1-22(2)14-16-9-11-23(12-10-16)19-7-5-18(6-8-19)21-20(24)17-4-3-13-25-15-17/h5-8,15-16H,3-4,9-14H2,1-2H3,(H,21,24). The third kappa shape index (κ3) is 4.98. The zero-order valence-electron chi connectivity index (χ0n) is 15.3. The third-order valence-corrected chi connectivity index (χ3v) is 4.95. The molecule has 0 unspecified atom stereocenters. The number of ether oxygens (including phenoxy) is 1. The molecule has 2 aliphatic heterocycles. The maximum atomic E-state index is 12.2. The van der Waals surface area contributed by atoms with Gasteiger partial charge < -0.3 is 19.9 Å². The number of carbonyl (C=O) groups is 1. The van der Waals surface area contributed by atoms with Crippen molar-refractivity contribution >= 4 is 17.3 Å². The molecule has 1 aromatic carbocycles. The fourth-order valence-corrected chi connectivity index (χ4v) is 3.59. The highest BCUT2D eigenvalue weighted by atomic mass is 16.5. The minimum Gasteiger partial charge on any atom is -0.501 e. The molecule has 2 heterocycles. The first kappa shape index (κ1) is 17.8. The fourth-order valence-electron chi connectivity index (χ4n) is 3.59. The van der Waals surface area contributed by atoms with Crippen molar-refractivity contribution in [3.63, 3.8) is 0 Å². The summed E-state index contributed by atoms with van der Waals surface area (Å²) in [4.78, 5) is 16.9. The highest BCUT2D eigenvalue weighted by Crippen LogP contribution is 2.25. The van der Waals surface area contributed by atoms with E-state index in [9.17, 15) is 4.79 Å². The zero-order valence-corrected chi connectivity index (χ0v) is 15.3. The van der Waals surface area contributed by atoms with E-state index in [0.717, 1.165) is 43.1 Å². The monoisotopic (exact) mass is 343 g/mol. The van der Waals surface area contributed by atoms with Crippen molar-refractivity contribution in [1.29, 1.82) is 0 Å². The van der Waals surface area contributed by atoms with E-state index in [1.165, 1.54) is 25.1 Å². The average molecular weight is 343 g/mol. The number of nitrogens with zero attached hydrogens (tertiary/aromatic N) is 2. The topological polar surface area (TPSA) is 44.8 Å². The molecule has 25 heavy (non-hydrogen) atoms. The first-order valence-corrected chi connectivity index (χ1v) is 9.23. The Morgan fingerprint density at radius 2 is 1.96 bits per heavy atom. The van der Waals surface area contributed by atoms with Gasteiger partial charge in [-0.05, 0) is 70.0 Å². The van der Waals surface area contributed by atoms with Gasteiger partial charge in [-0.25, -0.2) is 0 Å². The van der Waals surface area contributed by atoms with Gasteiger partial charge in [0.05, 0.1) is 18.4 Å². The normalized spacial score (nSPS) is 18.7. The number of hydrogen-bond acceptors (Lipinski definition) is 4. The van der Waals surface area contributed by atoms with Crippen molar-refractivity contribution in [3.05, 3.63) is 36.1 Å². The summed E-state index contributed by atoms with van der Waals surface area (Å²) in [5.41, 5.74) is 2.79. The minimum atomic E-state index is -0.0584. The van der Waals surface area contributed by atoms with Crippen molar-refractivity contribution in [2.75, 3.05) is 50.6 Å². The van der Waals surface area contributed by atoms with Crippen LogP contribution in [0.15, 0.2) is 36.1 Å². The molecule has 1 aromatic rings. The summed E-state index contributed by atoms with van der Waals surface area (Å²) in [6, 6.07) is 8.19. The van der Waals surface area contributed by atoms with Gasteiger partial charge in [-0.1, -0.05) is 0 Å². The Hall–Kier alpha value is -2.01. The SMILES string of the molecule is CN(C)CC1CCN(c2ccc(NC(=O)C3=COCCC3)cc2)CC1. The van der Waals surface area contributed by atoms with E-state index in [1.54, 1.807) is 6.26 Å². The molecule has 1 amide bonds. The second-order valence-corrected chi connectivity index (χ2v) is 7.31. The molecule has 1 saturated heterocycles.